The summed E-state index contributed by atoms with van der Waals surface area (Å²) in [6.07, 6.45) is 2.08. The number of nitrogens with zero attached hydrogens (tertiary/aromatic N) is 2. The summed E-state index contributed by atoms with van der Waals surface area (Å²) >= 11 is 1.51. The molecule has 1 fully saturated rings. The molecule has 1 aliphatic heterocycles. The van der Waals surface area contributed by atoms with Gasteiger partial charge in [-0.25, -0.2) is 0 Å². The van der Waals surface area contributed by atoms with Crippen LogP contribution in [-0.4, -0.2) is 41.5 Å². The number of nitrogens with one attached hydrogen (secondary N) is 1. The maximum Gasteiger partial charge on any atom is 0.252 e. The highest BCUT2D eigenvalue weighted by atomic mass is 32.2. The van der Waals surface area contributed by atoms with Crippen molar-refractivity contribution < 1.29 is 14.1 Å². The third-order valence-electron chi connectivity index (χ3n) is 4.04. The summed E-state index contributed by atoms with van der Waals surface area (Å²) in [7, 11) is 0. The minimum absolute atomic E-state index is 0.0203. The van der Waals surface area contributed by atoms with Gasteiger partial charge in [-0.2, -0.15) is 0 Å². The normalized spacial score (nSPS) is 13.9. The van der Waals surface area contributed by atoms with Crippen LogP contribution in [0, 0.1) is 6.92 Å². The lowest BCUT2D eigenvalue weighted by atomic mass is 10.2. The zero-order chi connectivity index (χ0) is 17.6. The van der Waals surface area contributed by atoms with E-state index in [-0.39, 0.29) is 18.4 Å². The van der Waals surface area contributed by atoms with E-state index in [1.165, 1.54) is 11.8 Å². The van der Waals surface area contributed by atoms with Gasteiger partial charge in [0.1, 0.15) is 5.76 Å². The molecular formula is C18H21N3O3S. The number of carbonyl (C=O) groups is 2. The number of aromatic nitrogens is 1. The van der Waals surface area contributed by atoms with E-state index in [9.17, 15) is 9.59 Å². The maximum absolute atomic E-state index is 12.5. The molecule has 2 amide bonds. The van der Waals surface area contributed by atoms with Gasteiger partial charge in [0.05, 0.1) is 23.6 Å². The van der Waals surface area contributed by atoms with Crippen LogP contribution in [-0.2, 0) is 10.5 Å². The first kappa shape index (κ1) is 17.5. The molecule has 1 aliphatic rings. The number of hydrogen-bond donors (Lipinski definition) is 1. The summed E-state index contributed by atoms with van der Waals surface area (Å²) in [4.78, 5) is 27.2. The van der Waals surface area contributed by atoms with Crippen molar-refractivity contribution in [3.63, 3.8) is 0 Å². The van der Waals surface area contributed by atoms with Crippen molar-refractivity contribution in [3.05, 3.63) is 47.3 Å². The summed E-state index contributed by atoms with van der Waals surface area (Å²) in [6.45, 7) is 3.49. The van der Waals surface area contributed by atoms with E-state index < -0.39 is 0 Å². The zero-order valence-electron chi connectivity index (χ0n) is 14.2. The standard InChI is InChI=1S/C18H21N3O3S/c1-13-10-14(24-20-13)12-25-16-7-3-2-6-15(16)18(23)19-11-17(22)21-8-4-5-9-21/h2-3,6-7,10H,4-5,8-9,11-12H2,1H3,(H,19,23). The number of hydrogen-bond acceptors (Lipinski definition) is 5. The lowest BCUT2D eigenvalue weighted by Crippen LogP contribution is -2.38. The fourth-order valence-electron chi connectivity index (χ4n) is 2.74. The smallest absolute Gasteiger partial charge is 0.252 e. The molecule has 0 aliphatic carbocycles. The molecule has 1 saturated heterocycles. The van der Waals surface area contributed by atoms with Crippen LogP contribution >= 0.6 is 11.8 Å². The molecule has 0 saturated carbocycles. The van der Waals surface area contributed by atoms with Gasteiger partial charge >= 0.3 is 0 Å². The Balaban J connectivity index is 1.59. The Morgan fingerprint density at radius 2 is 2.04 bits per heavy atom. The fourth-order valence-corrected chi connectivity index (χ4v) is 3.67. The number of thioether (sulfide) groups is 1. The molecule has 1 N–H and O–H groups in total. The van der Waals surface area contributed by atoms with Crippen LogP contribution in [0.25, 0.3) is 0 Å². The van der Waals surface area contributed by atoms with Crippen LogP contribution < -0.4 is 5.32 Å². The van der Waals surface area contributed by atoms with Crippen molar-refractivity contribution in [2.75, 3.05) is 19.6 Å². The molecule has 0 bridgehead atoms. The van der Waals surface area contributed by atoms with Gasteiger partial charge in [-0.3, -0.25) is 9.59 Å². The average molecular weight is 359 g/mol. The van der Waals surface area contributed by atoms with E-state index in [1.54, 1.807) is 11.0 Å². The minimum atomic E-state index is -0.232. The van der Waals surface area contributed by atoms with Crippen LogP contribution in [0.4, 0.5) is 0 Å². The number of rotatable bonds is 6. The molecule has 0 radical (unpaired) electrons. The van der Waals surface area contributed by atoms with Crippen molar-refractivity contribution in [2.45, 2.75) is 30.4 Å². The van der Waals surface area contributed by atoms with Crippen molar-refractivity contribution in [3.8, 4) is 0 Å². The average Bonchev–Trinajstić information content (AvgIpc) is 3.29. The second-order valence-electron chi connectivity index (χ2n) is 5.99. The SMILES string of the molecule is Cc1cc(CSc2ccccc2C(=O)NCC(=O)N2CCCC2)on1. The van der Waals surface area contributed by atoms with Crippen LogP contribution in [0.5, 0.6) is 0 Å². The Morgan fingerprint density at radius 3 is 2.76 bits per heavy atom. The second kappa shape index (κ2) is 8.20. The second-order valence-corrected chi connectivity index (χ2v) is 7.01. The molecule has 7 heteroatoms. The number of amides is 2. The molecule has 132 valence electrons. The lowest BCUT2D eigenvalue weighted by molar-refractivity contribution is -0.129. The van der Waals surface area contributed by atoms with Crippen LogP contribution in [0.3, 0.4) is 0 Å². The number of aryl methyl sites for hydroxylation is 1. The Bertz CT molecular complexity index is 754. The largest absolute Gasteiger partial charge is 0.360 e. The maximum atomic E-state index is 12.5. The Kier molecular flexibility index (Phi) is 5.75. The Morgan fingerprint density at radius 1 is 1.28 bits per heavy atom. The first-order valence-electron chi connectivity index (χ1n) is 8.33. The van der Waals surface area contributed by atoms with Gasteiger partial charge in [0, 0.05) is 24.1 Å². The van der Waals surface area contributed by atoms with E-state index >= 15 is 0 Å². The molecule has 6 nitrogen and oxygen atoms in total. The third kappa shape index (κ3) is 4.63. The van der Waals surface area contributed by atoms with E-state index in [1.807, 2.05) is 31.2 Å². The van der Waals surface area contributed by atoms with Crippen LogP contribution in [0.1, 0.15) is 34.7 Å². The van der Waals surface area contributed by atoms with E-state index in [0.717, 1.165) is 42.3 Å². The first-order chi connectivity index (χ1) is 12.1. The molecule has 0 spiro atoms. The Hall–Kier alpha value is -2.28. The van der Waals surface area contributed by atoms with E-state index in [4.69, 9.17) is 4.52 Å². The van der Waals surface area contributed by atoms with Gasteiger partial charge in [0.2, 0.25) is 5.91 Å². The zero-order valence-corrected chi connectivity index (χ0v) is 15.0. The highest BCUT2D eigenvalue weighted by Crippen LogP contribution is 2.26. The quantitative estimate of drug-likeness (QED) is 0.803. The molecule has 1 aromatic heterocycles. The van der Waals surface area contributed by atoms with Gasteiger partial charge in [0.25, 0.3) is 5.91 Å². The number of benzene rings is 1. The predicted octanol–water partition coefficient (Wildman–Crippen LogP) is 2.63. The van der Waals surface area contributed by atoms with Gasteiger partial charge < -0.3 is 14.7 Å². The Labute approximate surface area is 150 Å². The van der Waals surface area contributed by atoms with Crippen molar-refractivity contribution in [2.24, 2.45) is 0 Å². The molecule has 25 heavy (non-hydrogen) atoms. The van der Waals surface area contributed by atoms with Gasteiger partial charge in [-0.15, -0.1) is 11.8 Å². The van der Waals surface area contributed by atoms with Crippen LogP contribution in [0.2, 0.25) is 0 Å². The highest BCUT2D eigenvalue weighted by Gasteiger charge is 2.19. The molecule has 3 rings (SSSR count). The summed E-state index contributed by atoms with van der Waals surface area (Å²) in [5.41, 5.74) is 1.40. The first-order valence-corrected chi connectivity index (χ1v) is 9.32. The van der Waals surface area contributed by atoms with Crippen LogP contribution in [0.15, 0.2) is 39.8 Å². The topological polar surface area (TPSA) is 75.4 Å². The summed E-state index contributed by atoms with van der Waals surface area (Å²) in [6, 6.07) is 9.25. The van der Waals surface area contributed by atoms with Gasteiger partial charge in [-0.05, 0) is 31.9 Å². The molecule has 0 unspecified atom stereocenters. The molecule has 1 aromatic carbocycles. The van der Waals surface area contributed by atoms with Gasteiger partial charge in [-0.1, -0.05) is 17.3 Å². The van der Waals surface area contributed by atoms with E-state index in [0.29, 0.717) is 11.3 Å². The number of carbonyl (C=O) groups excluding carboxylic acids is 2. The van der Waals surface area contributed by atoms with Crippen molar-refractivity contribution in [1.29, 1.82) is 0 Å². The van der Waals surface area contributed by atoms with Crippen molar-refractivity contribution >= 4 is 23.6 Å². The molecular weight excluding hydrogens is 338 g/mol. The predicted molar refractivity (Wildman–Crippen MR) is 95.4 cm³/mol. The summed E-state index contributed by atoms with van der Waals surface area (Å²) in [5.74, 6) is 1.11. The molecule has 0 atom stereocenters. The van der Waals surface area contributed by atoms with Crippen molar-refractivity contribution in [1.82, 2.24) is 15.4 Å². The fraction of sp³-hybridized carbons (Fsp3) is 0.389. The van der Waals surface area contributed by atoms with Gasteiger partial charge in [0.15, 0.2) is 0 Å². The lowest BCUT2D eigenvalue weighted by Gasteiger charge is -2.16. The minimum Gasteiger partial charge on any atom is -0.360 e. The summed E-state index contributed by atoms with van der Waals surface area (Å²) in [5, 5.41) is 6.60. The highest BCUT2D eigenvalue weighted by molar-refractivity contribution is 7.98. The number of likely N-dealkylation sites (tertiary alicyclic amines) is 1. The van der Waals surface area contributed by atoms with E-state index in [2.05, 4.69) is 10.5 Å². The third-order valence-corrected chi connectivity index (χ3v) is 5.13. The molecule has 2 heterocycles. The summed E-state index contributed by atoms with van der Waals surface area (Å²) < 4.78 is 5.20. The molecule has 2 aromatic rings. The monoisotopic (exact) mass is 359 g/mol.